The third-order valence-electron chi connectivity index (χ3n) is 5.92. The van der Waals surface area contributed by atoms with E-state index in [1.165, 1.54) is 0 Å². The van der Waals surface area contributed by atoms with Crippen molar-refractivity contribution < 1.29 is 14.3 Å². The minimum atomic E-state index is -0.272. The van der Waals surface area contributed by atoms with Gasteiger partial charge in [0.2, 0.25) is 5.91 Å². The van der Waals surface area contributed by atoms with Gasteiger partial charge in [-0.3, -0.25) is 9.59 Å². The van der Waals surface area contributed by atoms with Gasteiger partial charge < -0.3 is 15.0 Å². The SMILES string of the molecule is COc1ccccc1NC(=O)c1cnc(C2CCN(C(=O)C3CCC3)C2)nc1C. The van der Waals surface area contributed by atoms with Crippen LogP contribution in [0.4, 0.5) is 5.69 Å². The molecule has 2 amide bonds. The summed E-state index contributed by atoms with van der Waals surface area (Å²) in [6.45, 7) is 3.24. The van der Waals surface area contributed by atoms with Crippen molar-refractivity contribution in [2.24, 2.45) is 5.92 Å². The molecule has 29 heavy (non-hydrogen) atoms. The van der Waals surface area contributed by atoms with Crippen LogP contribution in [0.25, 0.3) is 0 Å². The summed E-state index contributed by atoms with van der Waals surface area (Å²) in [5.41, 5.74) is 1.66. The molecule has 0 bridgehead atoms. The lowest BCUT2D eigenvalue weighted by Gasteiger charge is -2.29. The van der Waals surface area contributed by atoms with E-state index in [-0.39, 0.29) is 23.7 Å². The predicted molar refractivity (Wildman–Crippen MR) is 109 cm³/mol. The van der Waals surface area contributed by atoms with E-state index in [4.69, 9.17) is 4.74 Å². The molecule has 1 saturated carbocycles. The summed E-state index contributed by atoms with van der Waals surface area (Å²) in [7, 11) is 1.56. The maximum Gasteiger partial charge on any atom is 0.259 e. The summed E-state index contributed by atoms with van der Waals surface area (Å²) in [6, 6.07) is 7.26. The Labute approximate surface area is 170 Å². The molecule has 152 valence electrons. The first-order chi connectivity index (χ1) is 14.1. The molecular weight excluding hydrogens is 368 g/mol. The summed E-state index contributed by atoms with van der Waals surface area (Å²) in [6.07, 6.45) is 5.65. The highest BCUT2D eigenvalue weighted by atomic mass is 16.5. The molecule has 1 saturated heterocycles. The summed E-state index contributed by atoms with van der Waals surface area (Å²) in [4.78, 5) is 36.2. The van der Waals surface area contributed by atoms with Crippen LogP contribution >= 0.6 is 0 Å². The van der Waals surface area contributed by atoms with Crippen LogP contribution in [0.15, 0.2) is 30.5 Å². The van der Waals surface area contributed by atoms with E-state index in [9.17, 15) is 9.59 Å². The molecule has 0 radical (unpaired) electrons. The topological polar surface area (TPSA) is 84.4 Å². The van der Waals surface area contributed by atoms with Gasteiger partial charge >= 0.3 is 0 Å². The number of benzene rings is 1. The quantitative estimate of drug-likeness (QED) is 0.842. The fourth-order valence-electron chi connectivity index (χ4n) is 3.93. The average molecular weight is 394 g/mol. The molecule has 7 heteroatoms. The van der Waals surface area contributed by atoms with Gasteiger partial charge in [0.1, 0.15) is 11.6 Å². The van der Waals surface area contributed by atoms with Gasteiger partial charge in [0.15, 0.2) is 0 Å². The van der Waals surface area contributed by atoms with E-state index in [2.05, 4.69) is 15.3 Å². The number of carbonyl (C=O) groups is 2. The molecular formula is C22H26N4O3. The van der Waals surface area contributed by atoms with Crippen molar-refractivity contribution in [2.75, 3.05) is 25.5 Å². The number of para-hydroxylation sites is 2. The van der Waals surface area contributed by atoms with Gasteiger partial charge in [-0.05, 0) is 38.3 Å². The third-order valence-corrected chi connectivity index (χ3v) is 5.92. The third kappa shape index (κ3) is 3.95. The lowest BCUT2D eigenvalue weighted by atomic mass is 9.84. The Hall–Kier alpha value is -2.96. The molecule has 1 aliphatic heterocycles. The summed E-state index contributed by atoms with van der Waals surface area (Å²) < 4.78 is 5.28. The zero-order chi connectivity index (χ0) is 20.4. The van der Waals surface area contributed by atoms with Gasteiger partial charge in [-0.15, -0.1) is 0 Å². The number of carbonyl (C=O) groups excluding carboxylic acids is 2. The van der Waals surface area contributed by atoms with Gasteiger partial charge in [-0.1, -0.05) is 18.6 Å². The smallest absolute Gasteiger partial charge is 0.259 e. The van der Waals surface area contributed by atoms with E-state index in [0.717, 1.165) is 32.2 Å². The molecule has 0 spiro atoms. The number of rotatable bonds is 5. The first-order valence-corrected chi connectivity index (χ1v) is 10.1. The molecule has 1 N–H and O–H groups in total. The van der Waals surface area contributed by atoms with Gasteiger partial charge in [0, 0.05) is 31.1 Å². The van der Waals surface area contributed by atoms with Crippen LogP contribution in [0.1, 0.15) is 53.5 Å². The highest BCUT2D eigenvalue weighted by Crippen LogP contribution is 2.32. The highest BCUT2D eigenvalue weighted by molar-refractivity contribution is 6.05. The van der Waals surface area contributed by atoms with Crippen LogP contribution in [0.3, 0.4) is 0 Å². The lowest BCUT2D eigenvalue weighted by molar-refractivity contribution is -0.137. The molecule has 2 aliphatic rings. The molecule has 2 fully saturated rings. The standard InChI is InChI=1S/C22H26N4O3/c1-14-17(21(27)25-18-8-3-4-9-19(18)29-2)12-23-20(24-14)16-10-11-26(13-16)22(28)15-6-5-7-15/h3-4,8-9,12,15-16H,5-7,10-11,13H2,1-2H3,(H,25,27). The number of methoxy groups -OCH3 is 1. The number of likely N-dealkylation sites (tertiary alicyclic amines) is 1. The van der Waals surface area contributed by atoms with E-state index >= 15 is 0 Å². The van der Waals surface area contributed by atoms with Crippen LogP contribution < -0.4 is 10.1 Å². The predicted octanol–water partition coefficient (Wildman–Crippen LogP) is 3.16. The van der Waals surface area contributed by atoms with Gasteiger partial charge in [-0.2, -0.15) is 0 Å². The maximum absolute atomic E-state index is 12.7. The van der Waals surface area contributed by atoms with E-state index < -0.39 is 0 Å². The van der Waals surface area contributed by atoms with Crippen molar-refractivity contribution in [3.05, 3.63) is 47.5 Å². The van der Waals surface area contributed by atoms with E-state index in [1.54, 1.807) is 25.4 Å². The van der Waals surface area contributed by atoms with Crippen LogP contribution in [0.5, 0.6) is 5.75 Å². The van der Waals surface area contributed by atoms with Crippen LogP contribution in [0, 0.1) is 12.8 Å². The summed E-state index contributed by atoms with van der Waals surface area (Å²) in [5, 5.41) is 2.86. The number of aryl methyl sites for hydroxylation is 1. The number of aromatic nitrogens is 2. The average Bonchev–Trinajstić information content (AvgIpc) is 3.17. The van der Waals surface area contributed by atoms with E-state index in [1.807, 2.05) is 24.0 Å². The minimum absolute atomic E-state index is 0.129. The Balaban J connectivity index is 1.44. The Kier molecular flexibility index (Phi) is 5.47. The lowest BCUT2D eigenvalue weighted by Crippen LogP contribution is -2.37. The molecule has 2 aromatic rings. The number of nitrogens with zero attached hydrogens (tertiary/aromatic N) is 3. The first-order valence-electron chi connectivity index (χ1n) is 10.1. The van der Waals surface area contributed by atoms with Crippen LogP contribution in [-0.4, -0.2) is 46.9 Å². The molecule has 4 rings (SSSR count). The number of anilines is 1. The Morgan fingerprint density at radius 1 is 1.21 bits per heavy atom. The number of amides is 2. The molecule has 1 unspecified atom stereocenters. The van der Waals surface area contributed by atoms with Crippen molar-refractivity contribution >= 4 is 17.5 Å². The summed E-state index contributed by atoms with van der Waals surface area (Å²) >= 11 is 0. The van der Waals surface area contributed by atoms with Gasteiger partial charge in [-0.25, -0.2) is 9.97 Å². The first kappa shape index (κ1) is 19.4. The van der Waals surface area contributed by atoms with Crippen molar-refractivity contribution in [2.45, 2.75) is 38.5 Å². The molecule has 2 heterocycles. The number of nitrogens with one attached hydrogen (secondary N) is 1. The Morgan fingerprint density at radius 3 is 2.69 bits per heavy atom. The number of hydrogen-bond donors (Lipinski definition) is 1. The molecule has 7 nitrogen and oxygen atoms in total. The normalized spacial score (nSPS) is 19.0. The minimum Gasteiger partial charge on any atom is -0.495 e. The Bertz CT molecular complexity index is 926. The second-order valence-electron chi connectivity index (χ2n) is 7.78. The molecule has 1 atom stereocenters. The maximum atomic E-state index is 12.7. The summed E-state index contributed by atoms with van der Waals surface area (Å²) in [5.74, 6) is 1.66. The fourth-order valence-corrected chi connectivity index (χ4v) is 3.93. The van der Waals surface area contributed by atoms with E-state index in [0.29, 0.717) is 35.1 Å². The molecule has 1 aromatic carbocycles. The molecule has 1 aromatic heterocycles. The van der Waals surface area contributed by atoms with Crippen molar-refractivity contribution in [1.29, 1.82) is 0 Å². The number of hydrogen-bond acceptors (Lipinski definition) is 5. The van der Waals surface area contributed by atoms with Crippen molar-refractivity contribution in [3.63, 3.8) is 0 Å². The van der Waals surface area contributed by atoms with Crippen LogP contribution in [-0.2, 0) is 4.79 Å². The zero-order valence-electron chi connectivity index (χ0n) is 16.9. The van der Waals surface area contributed by atoms with Crippen molar-refractivity contribution in [3.8, 4) is 5.75 Å². The van der Waals surface area contributed by atoms with Gasteiger partial charge in [0.05, 0.1) is 24.1 Å². The second kappa shape index (κ2) is 8.19. The van der Waals surface area contributed by atoms with Crippen molar-refractivity contribution in [1.82, 2.24) is 14.9 Å². The molecule has 1 aliphatic carbocycles. The zero-order valence-corrected chi connectivity index (χ0v) is 16.9. The fraction of sp³-hybridized carbons (Fsp3) is 0.455. The second-order valence-corrected chi connectivity index (χ2v) is 7.78. The number of ether oxygens (including phenoxy) is 1. The monoisotopic (exact) mass is 394 g/mol. The largest absolute Gasteiger partial charge is 0.495 e. The Morgan fingerprint density at radius 2 is 2.00 bits per heavy atom. The van der Waals surface area contributed by atoms with Crippen LogP contribution in [0.2, 0.25) is 0 Å². The van der Waals surface area contributed by atoms with Gasteiger partial charge in [0.25, 0.3) is 5.91 Å². The highest BCUT2D eigenvalue weighted by Gasteiger charge is 2.35.